The molecule has 1 unspecified atom stereocenters. The summed E-state index contributed by atoms with van der Waals surface area (Å²) in [5.74, 6) is 2.89. The molecular weight excluding hydrogens is 264 g/mol. The van der Waals surface area contributed by atoms with Crippen molar-refractivity contribution in [2.24, 2.45) is 0 Å². The average molecular weight is 286 g/mol. The van der Waals surface area contributed by atoms with Gasteiger partial charge in [-0.05, 0) is 31.0 Å². The molecule has 0 saturated heterocycles. The predicted octanol–water partition coefficient (Wildman–Crippen LogP) is 3.19. The molecule has 0 radical (unpaired) electrons. The second kappa shape index (κ2) is 6.92. The van der Waals surface area contributed by atoms with Gasteiger partial charge >= 0.3 is 0 Å². The Morgan fingerprint density at radius 3 is 2.57 bits per heavy atom. The van der Waals surface area contributed by atoms with Gasteiger partial charge in [-0.15, -0.1) is 0 Å². The Kier molecular flexibility index (Phi) is 4.98. The van der Waals surface area contributed by atoms with Gasteiger partial charge in [-0.1, -0.05) is 19.1 Å². The van der Waals surface area contributed by atoms with Crippen molar-refractivity contribution in [2.75, 3.05) is 18.2 Å². The Hall–Kier alpha value is -2.30. The van der Waals surface area contributed by atoms with E-state index in [2.05, 4.69) is 29.1 Å². The highest BCUT2D eigenvalue weighted by atomic mass is 16.5. The molecule has 0 aliphatic heterocycles. The van der Waals surface area contributed by atoms with E-state index in [9.17, 15) is 0 Å². The van der Waals surface area contributed by atoms with Crippen LogP contribution in [0.3, 0.4) is 0 Å². The Morgan fingerprint density at radius 1 is 1.24 bits per heavy atom. The number of benzene rings is 1. The minimum atomic E-state index is 0.125. The molecule has 1 heterocycles. The largest absolute Gasteiger partial charge is 0.497 e. The third kappa shape index (κ3) is 4.08. The molecule has 0 bridgehead atoms. The summed E-state index contributed by atoms with van der Waals surface area (Å²) < 4.78 is 5.17. The number of aromatic nitrogens is 2. The number of nitrogen functional groups attached to an aromatic ring is 1. The molecule has 2 rings (SSSR count). The quantitative estimate of drug-likeness (QED) is 0.853. The van der Waals surface area contributed by atoms with Gasteiger partial charge in [0.15, 0.2) is 0 Å². The van der Waals surface area contributed by atoms with Crippen molar-refractivity contribution in [3.63, 3.8) is 0 Å². The van der Waals surface area contributed by atoms with Crippen LogP contribution in [0.2, 0.25) is 0 Å². The maximum Gasteiger partial charge on any atom is 0.133 e. The van der Waals surface area contributed by atoms with Gasteiger partial charge in [-0.25, -0.2) is 9.97 Å². The molecule has 5 nitrogen and oxygen atoms in total. The summed E-state index contributed by atoms with van der Waals surface area (Å²) in [6.45, 7) is 4.18. The maximum atomic E-state index is 5.83. The minimum absolute atomic E-state index is 0.125. The van der Waals surface area contributed by atoms with E-state index in [1.165, 1.54) is 0 Å². The summed E-state index contributed by atoms with van der Waals surface area (Å²) in [7, 11) is 1.66. The second-order valence-corrected chi connectivity index (χ2v) is 4.98. The number of anilines is 2. The number of hydrogen-bond donors (Lipinski definition) is 2. The lowest BCUT2D eigenvalue weighted by Crippen LogP contribution is -2.10. The van der Waals surface area contributed by atoms with Crippen LogP contribution in [0.1, 0.15) is 37.7 Å². The second-order valence-electron chi connectivity index (χ2n) is 4.98. The number of rotatable bonds is 6. The van der Waals surface area contributed by atoms with Crippen LogP contribution in [0.5, 0.6) is 5.75 Å². The molecule has 0 fully saturated rings. The summed E-state index contributed by atoms with van der Waals surface area (Å²) in [5.41, 5.74) is 6.99. The van der Waals surface area contributed by atoms with Crippen molar-refractivity contribution < 1.29 is 4.74 Å². The van der Waals surface area contributed by atoms with Gasteiger partial charge in [-0.3, -0.25) is 0 Å². The number of nitrogens with two attached hydrogens (primary N) is 1. The van der Waals surface area contributed by atoms with Crippen molar-refractivity contribution in [3.05, 3.63) is 41.7 Å². The van der Waals surface area contributed by atoms with Gasteiger partial charge in [0.2, 0.25) is 0 Å². The number of methoxy groups -OCH3 is 1. The van der Waals surface area contributed by atoms with Crippen LogP contribution >= 0.6 is 0 Å². The zero-order valence-corrected chi connectivity index (χ0v) is 12.8. The van der Waals surface area contributed by atoms with E-state index < -0.39 is 0 Å². The van der Waals surface area contributed by atoms with Gasteiger partial charge in [0.05, 0.1) is 7.11 Å². The van der Waals surface area contributed by atoms with Crippen LogP contribution in [0.4, 0.5) is 11.6 Å². The van der Waals surface area contributed by atoms with Crippen molar-refractivity contribution in [2.45, 2.75) is 32.7 Å². The van der Waals surface area contributed by atoms with Crippen molar-refractivity contribution >= 4 is 11.6 Å². The molecular formula is C16H22N4O. The first-order chi connectivity index (χ1) is 10.1. The van der Waals surface area contributed by atoms with Gasteiger partial charge in [0.25, 0.3) is 0 Å². The van der Waals surface area contributed by atoms with E-state index >= 15 is 0 Å². The van der Waals surface area contributed by atoms with Gasteiger partial charge < -0.3 is 15.8 Å². The van der Waals surface area contributed by atoms with Crippen LogP contribution in [0.15, 0.2) is 30.3 Å². The molecule has 0 saturated carbocycles. The first-order valence-electron chi connectivity index (χ1n) is 7.16. The van der Waals surface area contributed by atoms with E-state index in [1.54, 1.807) is 13.2 Å². The standard InChI is InChI=1S/C16H22N4O/c1-4-5-15-19-14(17)10-16(20-15)18-11(2)12-6-8-13(21-3)9-7-12/h6-11H,4-5H2,1-3H3,(H3,17,18,19,20). The van der Waals surface area contributed by atoms with Crippen molar-refractivity contribution in [3.8, 4) is 5.75 Å². The first kappa shape index (κ1) is 15.1. The predicted molar refractivity (Wildman–Crippen MR) is 85.5 cm³/mol. The maximum absolute atomic E-state index is 5.83. The van der Waals surface area contributed by atoms with E-state index in [-0.39, 0.29) is 6.04 Å². The fourth-order valence-electron chi connectivity index (χ4n) is 2.12. The van der Waals surface area contributed by atoms with Gasteiger partial charge in [0.1, 0.15) is 23.2 Å². The Morgan fingerprint density at radius 2 is 1.95 bits per heavy atom. The topological polar surface area (TPSA) is 73.1 Å². The molecule has 21 heavy (non-hydrogen) atoms. The molecule has 3 N–H and O–H groups in total. The Labute approximate surface area is 125 Å². The third-order valence-electron chi connectivity index (χ3n) is 3.25. The number of ether oxygens (including phenoxy) is 1. The number of nitrogens with zero attached hydrogens (tertiary/aromatic N) is 2. The van der Waals surface area contributed by atoms with E-state index in [4.69, 9.17) is 10.5 Å². The van der Waals surface area contributed by atoms with Crippen LogP contribution in [0, 0.1) is 0 Å². The van der Waals surface area contributed by atoms with Crippen LogP contribution in [-0.2, 0) is 6.42 Å². The van der Waals surface area contributed by atoms with E-state index in [0.717, 1.165) is 35.8 Å². The van der Waals surface area contributed by atoms with Gasteiger partial charge in [-0.2, -0.15) is 0 Å². The van der Waals surface area contributed by atoms with Crippen LogP contribution < -0.4 is 15.8 Å². The molecule has 0 aliphatic carbocycles. The minimum Gasteiger partial charge on any atom is -0.497 e. The number of hydrogen-bond acceptors (Lipinski definition) is 5. The summed E-state index contributed by atoms with van der Waals surface area (Å²) in [6.07, 6.45) is 1.83. The zero-order chi connectivity index (χ0) is 15.2. The monoisotopic (exact) mass is 286 g/mol. The normalized spacial score (nSPS) is 12.0. The van der Waals surface area contributed by atoms with Crippen molar-refractivity contribution in [1.29, 1.82) is 0 Å². The number of nitrogens with one attached hydrogen (secondary N) is 1. The summed E-state index contributed by atoms with van der Waals surface area (Å²) in [5, 5.41) is 3.36. The molecule has 1 atom stereocenters. The zero-order valence-electron chi connectivity index (χ0n) is 12.8. The average Bonchev–Trinajstić information content (AvgIpc) is 2.47. The van der Waals surface area contributed by atoms with E-state index in [0.29, 0.717) is 5.82 Å². The molecule has 0 amide bonds. The SMILES string of the molecule is CCCc1nc(N)cc(NC(C)c2ccc(OC)cc2)n1. The smallest absolute Gasteiger partial charge is 0.133 e. The molecule has 2 aromatic rings. The molecule has 112 valence electrons. The fraction of sp³-hybridized carbons (Fsp3) is 0.375. The summed E-state index contributed by atoms with van der Waals surface area (Å²) in [6, 6.07) is 9.86. The molecule has 5 heteroatoms. The summed E-state index contributed by atoms with van der Waals surface area (Å²) >= 11 is 0. The molecule has 0 aliphatic rings. The lowest BCUT2D eigenvalue weighted by Gasteiger charge is -2.16. The summed E-state index contributed by atoms with van der Waals surface area (Å²) in [4.78, 5) is 8.73. The lowest BCUT2D eigenvalue weighted by atomic mass is 10.1. The van der Waals surface area contributed by atoms with Crippen molar-refractivity contribution in [1.82, 2.24) is 9.97 Å². The molecule has 0 spiro atoms. The van der Waals surface area contributed by atoms with E-state index in [1.807, 2.05) is 24.3 Å². The van der Waals surface area contributed by atoms with Crippen LogP contribution in [-0.4, -0.2) is 17.1 Å². The Balaban J connectivity index is 2.12. The highest BCUT2D eigenvalue weighted by Gasteiger charge is 2.08. The van der Waals surface area contributed by atoms with Gasteiger partial charge in [0, 0.05) is 18.5 Å². The Bertz CT molecular complexity index is 583. The number of aryl methyl sites for hydroxylation is 1. The highest BCUT2D eigenvalue weighted by molar-refractivity contribution is 5.46. The third-order valence-corrected chi connectivity index (χ3v) is 3.25. The van der Waals surface area contributed by atoms with Crippen LogP contribution in [0.25, 0.3) is 0 Å². The highest BCUT2D eigenvalue weighted by Crippen LogP contribution is 2.21. The fourth-order valence-corrected chi connectivity index (χ4v) is 2.12. The first-order valence-corrected chi connectivity index (χ1v) is 7.16. The lowest BCUT2D eigenvalue weighted by molar-refractivity contribution is 0.414. The molecule has 1 aromatic heterocycles. The molecule has 1 aromatic carbocycles.